The zero-order chi connectivity index (χ0) is 12.3. The number of carbonyl (C=O) groups is 1. The number of hydrogen-bond donors (Lipinski definition) is 2. The van der Waals surface area contributed by atoms with Gasteiger partial charge in [-0.05, 0) is 24.3 Å². The highest BCUT2D eigenvalue weighted by Gasteiger charge is 2.10. The van der Waals surface area contributed by atoms with E-state index in [1.54, 1.807) is 23.2 Å². The number of rotatable bonds is 3. The van der Waals surface area contributed by atoms with Crippen LogP contribution in [0.1, 0.15) is 0 Å². The SMILES string of the molecule is O=C(O)C1=CN(Nc2cccc(F)c2)CC=C1. The summed E-state index contributed by atoms with van der Waals surface area (Å²) in [6, 6.07) is 5.97. The lowest BCUT2D eigenvalue weighted by Gasteiger charge is -2.23. The second kappa shape index (κ2) is 4.69. The molecular formula is C12H11FN2O2. The topological polar surface area (TPSA) is 52.6 Å². The number of carboxylic acid groups (broad SMARTS) is 1. The van der Waals surface area contributed by atoms with Gasteiger partial charge in [0.2, 0.25) is 0 Å². The quantitative estimate of drug-likeness (QED) is 0.839. The molecule has 1 aliphatic rings. The van der Waals surface area contributed by atoms with Crippen LogP contribution in [0.2, 0.25) is 0 Å². The third kappa shape index (κ3) is 2.84. The predicted octanol–water partition coefficient (Wildman–Crippen LogP) is 1.99. The van der Waals surface area contributed by atoms with Crippen molar-refractivity contribution in [2.45, 2.75) is 0 Å². The lowest BCUT2D eigenvalue weighted by Crippen LogP contribution is -2.27. The van der Waals surface area contributed by atoms with Gasteiger partial charge in [0.1, 0.15) is 5.82 Å². The number of hydrogen-bond acceptors (Lipinski definition) is 3. The minimum atomic E-state index is -0.994. The minimum absolute atomic E-state index is 0.181. The maximum Gasteiger partial charge on any atom is 0.337 e. The van der Waals surface area contributed by atoms with Gasteiger partial charge in [-0.1, -0.05) is 12.1 Å². The fourth-order valence-corrected chi connectivity index (χ4v) is 1.49. The molecule has 0 aromatic heterocycles. The monoisotopic (exact) mass is 234 g/mol. The van der Waals surface area contributed by atoms with Crippen LogP contribution in [0.15, 0.2) is 48.2 Å². The van der Waals surface area contributed by atoms with Crippen LogP contribution in [0.25, 0.3) is 0 Å². The van der Waals surface area contributed by atoms with Gasteiger partial charge in [-0.25, -0.2) is 9.18 Å². The van der Waals surface area contributed by atoms with Gasteiger partial charge in [0, 0.05) is 6.20 Å². The summed E-state index contributed by atoms with van der Waals surface area (Å²) in [4.78, 5) is 10.8. The Morgan fingerprint density at radius 3 is 3.00 bits per heavy atom. The summed E-state index contributed by atoms with van der Waals surface area (Å²) >= 11 is 0. The van der Waals surface area contributed by atoms with Crippen molar-refractivity contribution < 1.29 is 14.3 Å². The predicted molar refractivity (Wildman–Crippen MR) is 61.6 cm³/mol. The van der Waals surface area contributed by atoms with E-state index in [9.17, 15) is 9.18 Å². The molecule has 4 nitrogen and oxygen atoms in total. The Morgan fingerprint density at radius 1 is 1.47 bits per heavy atom. The van der Waals surface area contributed by atoms with E-state index in [2.05, 4.69) is 5.43 Å². The van der Waals surface area contributed by atoms with Crippen molar-refractivity contribution in [2.24, 2.45) is 0 Å². The molecule has 1 aliphatic heterocycles. The lowest BCUT2D eigenvalue weighted by molar-refractivity contribution is -0.132. The van der Waals surface area contributed by atoms with Crippen molar-refractivity contribution in [3.8, 4) is 0 Å². The van der Waals surface area contributed by atoms with Crippen molar-refractivity contribution in [1.82, 2.24) is 5.01 Å². The fourth-order valence-electron chi connectivity index (χ4n) is 1.49. The molecule has 88 valence electrons. The first kappa shape index (κ1) is 11.2. The molecule has 2 N–H and O–H groups in total. The molecule has 0 aliphatic carbocycles. The Hall–Kier alpha value is -2.30. The molecule has 2 rings (SSSR count). The van der Waals surface area contributed by atoms with Gasteiger partial charge in [0.15, 0.2) is 0 Å². The van der Waals surface area contributed by atoms with E-state index in [0.29, 0.717) is 12.2 Å². The summed E-state index contributed by atoms with van der Waals surface area (Å²) < 4.78 is 12.9. The van der Waals surface area contributed by atoms with Crippen LogP contribution in [0.3, 0.4) is 0 Å². The highest BCUT2D eigenvalue weighted by molar-refractivity contribution is 5.89. The zero-order valence-corrected chi connectivity index (χ0v) is 8.93. The summed E-state index contributed by atoms with van der Waals surface area (Å²) in [7, 11) is 0. The van der Waals surface area contributed by atoms with E-state index in [4.69, 9.17) is 5.11 Å². The third-order valence-corrected chi connectivity index (χ3v) is 2.24. The molecule has 17 heavy (non-hydrogen) atoms. The molecule has 5 heteroatoms. The number of nitrogens with one attached hydrogen (secondary N) is 1. The summed E-state index contributed by atoms with van der Waals surface area (Å²) in [6.07, 6.45) is 4.72. The Bertz CT molecular complexity index is 497. The van der Waals surface area contributed by atoms with Crippen LogP contribution in [0.5, 0.6) is 0 Å². The molecule has 0 saturated heterocycles. The maximum atomic E-state index is 12.9. The smallest absolute Gasteiger partial charge is 0.337 e. The van der Waals surface area contributed by atoms with Crippen molar-refractivity contribution in [3.63, 3.8) is 0 Å². The molecule has 0 atom stereocenters. The van der Waals surface area contributed by atoms with Gasteiger partial charge in [0.05, 0.1) is 17.8 Å². The standard InChI is InChI=1S/C12H11FN2O2/c13-10-4-1-5-11(7-10)14-15-6-2-3-9(8-15)12(16)17/h1-5,7-8,14H,6H2,(H,16,17). The molecule has 0 saturated carbocycles. The van der Waals surface area contributed by atoms with Crippen molar-refractivity contribution in [1.29, 1.82) is 0 Å². The minimum Gasteiger partial charge on any atom is -0.478 e. The Balaban J connectivity index is 2.10. The van der Waals surface area contributed by atoms with E-state index in [1.165, 1.54) is 24.4 Å². The molecule has 0 amide bonds. The van der Waals surface area contributed by atoms with Crippen LogP contribution >= 0.6 is 0 Å². The highest BCUT2D eigenvalue weighted by Crippen LogP contribution is 2.13. The second-order valence-electron chi connectivity index (χ2n) is 3.57. The number of anilines is 1. The zero-order valence-electron chi connectivity index (χ0n) is 8.93. The molecule has 0 bridgehead atoms. The molecule has 1 aromatic carbocycles. The molecule has 0 fully saturated rings. The molecule has 1 heterocycles. The van der Waals surface area contributed by atoms with E-state index in [-0.39, 0.29) is 11.4 Å². The first-order chi connectivity index (χ1) is 8.15. The first-order valence-corrected chi connectivity index (χ1v) is 5.06. The molecule has 1 aromatic rings. The van der Waals surface area contributed by atoms with Gasteiger partial charge < -0.3 is 5.11 Å². The van der Waals surface area contributed by atoms with Crippen LogP contribution in [-0.4, -0.2) is 22.6 Å². The number of aliphatic carboxylic acids is 1. The molecule has 0 radical (unpaired) electrons. The van der Waals surface area contributed by atoms with E-state index in [1.807, 2.05) is 0 Å². The number of hydrazine groups is 1. The van der Waals surface area contributed by atoms with Crippen LogP contribution in [0.4, 0.5) is 10.1 Å². The highest BCUT2D eigenvalue weighted by atomic mass is 19.1. The number of benzene rings is 1. The number of halogens is 1. The van der Waals surface area contributed by atoms with Gasteiger partial charge in [-0.15, -0.1) is 0 Å². The third-order valence-electron chi connectivity index (χ3n) is 2.24. The summed E-state index contributed by atoms with van der Waals surface area (Å²) in [6.45, 7) is 0.521. The van der Waals surface area contributed by atoms with Gasteiger partial charge in [-0.3, -0.25) is 10.4 Å². The molecule has 0 unspecified atom stereocenters. The first-order valence-electron chi connectivity index (χ1n) is 5.06. The van der Waals surface area contributed by atoms with Gasteiger partial charge in [0.25, 0.3) is 0 Å². The van der Waals surface area contributed by atoms with Crippen LogP contribution in [-0.2, 0) is 4.79 Å². The second-order valence-corrected chi connectivity index (χ2v) is 3.57. The number of nitrogens with zero attached hydrogens (tertiary/aromatic N) is 1. The normalized spacial score (nSPS) is 14.4. The maximum absolute atomic E-state index is 12.9. The van der Waals surface area contributed by atoms with Crippen molar-refractivity contribution in [2.75, 3.05) is 12.0 Å². The number of carboxylic acids is 1. The van der Waals surface area contributed by atoms with Crippen LogP contribution < -0.4 is 5.43 Å². The molecule has 0 spiro atoms. The summed E-state index contributed by atoms with van der Waals surface area (Å²) in [5.74, 6) is -1.34. The Labute approximate surface area is 97.6 Å². The Morgan fingerprint density at radius 2 is 2.29 bits per heavy atom. The average Bonchev–Trinajstić information content (AvgIpc) is 2.29. The summed E-state index contributed by atoms with van der Waals surface area (Å²) in [5, 5.41) is 10.4. The lowest BCUT2D eigenvalue weighted by atomic mass is 10.2. The Kier molecular flexibility index (Phi) is 3.09. The molecular weight excluding hydrogens is 223 g/mol. The van der Waals surface area contributed by atoms with Crippen LogP contribution in [0, 0.1) is 5.82 Å². The average molecular weight is 234 g/mol. The van der Waals surface area contributed by atoms with Crippen molar-refractivity contribution in [3.05, 3.63) is 54.0 Å². The van der Waals surface area contributed by atoms with Gasteiger partial charge in [-0.2, -0.15) is 0 Å². The largest absolute Gasteiger partial charge is 0.478 e. The summed E-state index contributed by atoms with van der Waals surface area (Å²) in [5.41, 5.74) is 3.66. The fraction of sp³-hybridized carbons (Fsp3) is 0.0833. The van der Waals surface area contributed by atoms with Gasteiger partial charge >= 0.3 is 5.97 Å². The van der Waals surface area contributed by atoms with E-state index in [0.717, 1.165) is 0 Å². The van der Waals surface area contributed by atoms with E-state index >= 15 is 0 Å². The van der Waals surface area contributed by atoms with Crippen molar-refractivity contribution >= 4 is 11.7 Å². The van der Waals surface area contributed by atoms with E-state index < -0.39 is 5.97 Å².